The van der Waals surface area contributed by atoms with E-state index in [1.807, 2.05) is 0 Å². The lowest BCUT2D eigenvalue weighted by atomic mass is 9.90. The predicted octanol–water partition coefficient (Wildman–Crippen LogP) is 6.81. The van der Waals surface area contributed by atoms with Gasteiger partial charge in [-0.3, -0.25) is 4.79 Å². The number of hydrogen-bond acceptors (Lipinski definition) is 5. The zero-order valence-electron chi connectivity index (χ0n) is 19.3. The van der Waals surface area contributed by atoms with Gasteiger partial charge in [0.15, 0.2) is 5.76 Å². The molecule has 2 aromatic carbocycles. The van der Waals surface area contributed by atoms with Crippen LogP contribution in [0.2, 0.25) is 5.02 Å². The monoisotopic (exact) mass is 517 g/mol. The minimum atomic E-state index is -4.56. The number of hydrogen-bond donors (Lipinski definition) is 2. The molecule has 10 heteroatoms. The standard InChI is InChI=1S/C26H23ClF3N3O3/c1-35-18-7-9-22-14(10-18)11-23(36-22)25(34)32-17-5-3-16(4-6-17)31-21-13-24(26(28,29)30)33-20-8-2-15(27)12-19(20)21/h2,7-13,16-17H,3-6H2,1H3,(H,31,33)(H,32,34). The zero-order chi connectivity index (χ0) is 25.4. The Morgan fingerprint density at radius 3 is 2.53 bits per heavy atom. The van der Waals surface area contributed by atoms with Crippen molar-refractivity contribution in [3.05, 3.63) is 65.0 Å². The summed E-state index contributed by atoms with van der Waals surface area (Å²) in [5.41, 5.74) is 0.210. The molecule has 5 rings (SSSR count). The first kappa shape index (κ1) is 24.2. The van der Waals surface area contributed by atoms with Crippen molar-refractivity contribution >= 4 is 45.1 Å². The summed E-state index contributed by atoms with van der Waals surface area (Å²) in [6.45, 7) is 0. The van der Waals surface area contributed by atoms with Crippen molar-refractivity contribution in [2.75, 3.05) is 12.4 Å². The maximum absolute atomic E-state index is 13.4. The molecule has 0 spiro atoms. The first-order chi connectivity index (χ1) is 17.2. The lowest BCUT2D eigenvalue weighted by Crippen LogP contribution is -2.40. The molecule has 0 bridgehead atoms. The number of halogens is 4. The van der Waals surface area contributed by atoms with Crippen molar-refractivity contribution in [1.82, 2.24) is 10.3 Å². The van der Waals surface area contributed by atoms with E-state index in [1.54, 1.807) is 37.4 Å². The maximum Gasteiger partial charge on any atom is 0.433 e. The van der Waals surface area contributed by atoms with Gasteiger partial charge in [0.2, 0.25) is 0 Å². The minimum absolute atomic E-state index is 0.0533. The van der Waals surface area contributed by atoms with Gasteiger partial charge in [0, 0.05) is 33.6 Å². The molecule has 0 aliphatic heterocycles. The largest absolute Gasteiger partial charge is 0.497 e. The van der Waals surface area contributed by atoms with E-state index < -0.39 is 11.9 Å². The number of pyridine rings is 1. The van der Waals surface area contributed by atoms with Crippen LogP contribution in [0.3, 0.4) is 0 Å². The Hall–Kier alpha value is -3.46. The maximum atomic E-state index is 13.4. The van der Waals surface area contributed by atoms with E-state index in [1.165, 1.54) is 12.1 Å². The molecule has 1 fully saturated rings. The van der Waals surface area contributed by atoms with Crippen molar-refractivity contribution < 1.29 is 27.1 Å². The number of anilines is 1. The summed E-state index contributed by atoms with van der Waals surface area (Å²) in [5, 5.41) is 7.99. The van der Waals surface area contributed by atoms with Gasteiger partial charge < -0.3 is 19.8 Å². The third-order valence-electron chi connectivity index (χ3n) is 6.43. The van der Waals surface area contributed by atoms with Gasteiger partial charge in [0.05, 0.1) is 12.6 Å². The number of nitrogens with zero attached hydrogens (tertiary/aromatic N) is 1. The quantitative estimate of drug-likeness (QED) is 0.304. The second-order valence-corrected chi connectivity index (χ2v) is 9.33. The van der Waals surface area contributed by atoms with E-state index in [-0.39, 0.29) is 29.3 Å². The number of methoxy groups -OCH3 is 1. The van der Waals surface area contributed by atoms with Crippen molar-refractivity contribution in [3.8, 4) is 5.75 Å². The van der Waals surface area contributed by atoms with Crippen molar-refractivity contribution in [2.45, 2.75) is 43.9 Å². The summed E-state index contributed by atoms with van der Waals surface area (Å²) in [6.07, 6.45) is -1.86. The van der Waals surface area contributed by atoms with Gasteiger partial charge in [-0.05, 0) is 74.2 Å². The summed E-state index contributed by atoms with van der Waals surface area (Å²) in [7, 11) is 1.57. The number of alkyl halides is 3. The number of amides is 1. The fourth-order valence-electron chi connectivity index (χ4n) is 4.58. The van der Waals surface area contributed by atoms with Gasteiger partial charge >= 0.3 is 6.18 Å². The van der Waals surface area contributed by atoms with Crippen LogP contribution in [0, 0.1) is 0 Å². The molecule has 0 unspecified atom stereocenters. The number of furan rings is 1. The van der Waals surface area contributed by atoms with Crippen LogP contribution in [0.4, 0.5) is 18.9 Å². The number of rotatable bonds is 5. The predicted molar refractivity (Wildman–Crippen MR) is 132 cm³/mol. The van der Waals surface area contributed by atoms with Crippen molar-refractivity contribution in [1.29, 1.82) is 0 Å². The Bertz CT molecular complexity index is 1430. The van der Waals surface area contributed by atoms with Gasteiger partial charge in [-0.1, -0.05) is 11.6 Å². The van der Waals surface area contributed by atoms with Crippen LogP contribution >= 0.6 is 11.6 Å². The third-order valence-corrected chi connectivity index (χ3v) is 6.67. The number of aromatic nitrogens is 1. The fourth-order valence-corrected chi connectivity index (χ4v) is 4.75. The smallest absolute Gasteiger partial charge is 0.433 e. The zero-order valence-corrected chi connectivity index (χ0v) is 20.0. The number of benzene rings is 2. The molecule has 188 valence electrons. The topological polar surface area (TPSA) is 76.4 Å². The van der Waals surface area contributed by atoms with Crippen molar-refractivity contribution in [3.63, 3.8) is 0 Å². The average molecular weight is 518 g/mol. The van der Waals surface area contributed by atoms with Crippen LogP contribution in [0.1, 0.15) is 41.9 Å². The highest BCUT2D eigenvalue weighted by atomic mass is 35.5. The molecule has 1 aliphatic rings. The third kappa shape index (κ3) is 5.06. The summed E-state index contributed by atoms with van der Waals surface area (Å²) >= 11 is 6.09. The van der Waals surface area contributed by atoms with Crippen LogP contribution in [-0.2, 0) is 6.18 Å². The number of fused-ring (bicyclic) bond motifs is 2. The molecule has 2 heterocycles. The van der Waals surface area contributed by atoms with E-state index in [0.29, 0.717) is 53.1 Å². The number of carbonyl (C=O) groups excluding carboxylic acids is 1. The first-order valence-electron chi connectivity index (χ1n) is 11.5. The molecule has 6 nitrogen and oxygen atoms in total. The van der Waals surface area contributed by atoms with Gasteiger partial charge in [-0.2, -0.15) is 13.2 Å². The highest BCUT2D eigenvalue weighted by Crippen LogP contribution is 2.35. The van der Waals surface area contributed by atoms with E-state index in [4.69, 9.17) is 20.8 Å². The first-order valence-corrected chi connectivity index (χ1v) is 11.9. The van der Waals surface area contributed by atoms with E-state index in [9.17, 15) is 18.0 Å². The van der Waals surface area contributed by atoms with Crippen molar-refractivity contribution in [2.24, 2.45) is 0 Å². The lowest BCUT2D eigenvalue weighted by Gasteiger charge is -2.30. The molecule has 0 atom stereocenters. The Morgan fingerprint density at radius 1 is 1.06 bits per heavy atom. The van der Waals surface area contributed by atoms with E-state index >= 15 is 0 Å². The number of ether oxygens (including phenoxy) is 1. The average Bonchev–Trinajstić information content (AvgIpc) is 3.28. The molecular formula is C26H23ClF3N3O3. The molecular weight excluding hydrogens is 495 g/mol. The lowest BCUT2D eigenvalue weighted by molar-refractivity contribution is -0.140. The van der Waals surface area contributed by atoms with Gasteiger partial charge in [-0.25, -0.2) is 4.98 Å². The fraction of sp³-hybridized carbons (Fsp3) is 0.308. The summed E-state index contributed by atoms with van der Waals surface area (Å²) in [5.74, 6) is 0.595. The molecule has 4 aromatic rings. The Balaban J connectivity index is 1.25. The molecule has 36 heavy (non-hydrogen) atoms. The SMILES string of the molecule is COc1ccc2oc(C(=O)NC3CCC(Nc4cc(C(F)(F)F)nc5ccc(Cl)cc45)CC3)cc2c1. The highest BCUT2D eigenvalue weighted by molar-refractivity contribution is 6.31. The molecule has 1 saturated carbocycles. The van der Waals surface area contributed by atoms with Crippen LogP contribution in [0.5, 0.6) is 5.75 Å². The second kappa shape index (κ2) is 9.54. The second-order valence-electron chi connectivity index (χ2n) is 8.90. The van der Waals surface area contributed by atoms with Crippen LogP contribution < -0.4 is 15.4 Å². The summed E-state index contributed by atoms with van der Waals surface area (Å²) in [6, 6.07) is 12.5. The minimum Gasteiger partial charge on any atom is -0.497 e. The normalized spacial score (nSPS) is 18.4. The summed E-state index contributed by atoms with van der Waals surface area (Å²) in [4.78, 5) is 16.5. The molecule has 0 radical (unpaired) electrons. The Morgan fingerprint density at radius 2 is 1.81 bits per heavy atom. The van der Waals surface area contributed by atoms with Gasteiger partial charge in [0.1, 0.15) is 17.0 Å². The molecule has 2 N–H and O–H groups in total. The van der Waals surface area contributed by atoms with Crippen LogP contribution in [-0.4, -0.2) is 30.1 Å². The van der Waals surface area contributed by atoms with Crippen LogP contribution in [0.25, 0.3) is 21.9 Å². The number of carbonyl (C=O) groups is 1. The molecule has 1 aliphatic carbocycles. The molecule has 0 saturated heterocycles. The number of nitrogens with one attached hydrogen (secondary N) is 2. The van der Waals surface area contributed by atoms with Gasteiger partial charge in [0.25, 0.3) is 5.91 Å². The van der Waals surface area contributed by atoms with E-state index in [2.05, 4.69) is 15.6 Å². The van der Waals surface area contributed by atoms with Crippen LogP contribution in [0.15, 0.2) is 52.9 Å². The highest BCUT2D eigenvalue weighted by Gasteiger charge is 2.34. The molecule has 1 amide bonds. The Kier molecular flexibility index (Phi) is 6.42. The Labute approximate surface area is 209 Å². The summed E-state index contributed by atoms with van der Waals surface area (Å²) < 4.78 is 51.1. The molecule has 2 aromatic heterocycles. The van der Waals surface area contributed by atoms with Gasteiger partial charge in [-0.15, -0.1) is 0 Å². The van der Waals surface area contributed by atoms with E-state index in [0.717, 1.165) is 11.5 Å².